The van der Waals surface area contributed by atoms with Gasteiger partial charge < -0.3 is 14.0 Å². The van der Waals surface area contributed by atoms with Crippen molar-refractivity contribution in [3.63, 3.8) is 0 Å². The number of aryl methyl sites for hydroxylation is 1. The minimum Gasteiger partial charge on any atom is -0.490 e. The molecule has 2 aliphatic rings. The Morgan fingerprint density at radius 3 is 2.37 bits per heavy atom. The number of carbonyl (C=O) groups excluding carboxylic acids is 1. The molecular formula is C27H30F3NO3S. The second-order valence-corrected chi connectivity index (χ2v) is 10.8. The normalized spacial score (nSPS) is 17.9. The zero-order chi connectivity index (χ0) is 24.7. The molecule has 2 aromatic heterocycles. The molecule has 2 heterocycles. The molecular weight excluding hydrogens is 475 g/mol. The van der Waals surface area contributed by atoms with Gasteiger partial charge in [-0.05, 0) is 74.3 Å². The minimum absolute atomic E-state index is 0.0168. The van der Waals surface area contributed by atoms with Crippen LogP contribution in [-0.4, -0.2) is 23.8 Å². The van der Waals surface area contributed by atoms with Crippen LogP contribution in [0.1, 0.15) is 84.5 Å². The lowest BCUT2D eigenvalue weighted by Crippen LogP contribution is -2.14. The van der Waals surface area contributed by atoms with Gasteiger partial charge in [-0.3, -0.25) is 0 Å². The quantitative estimate of drug-likeness (QED) is 0.329. The number of benzene rings is 1. The standard InChI is InChI=1S/C27H30F3NO3S/c1-31-21-15-22(26(32)33-2)35-25(21)23(16-8-4-3-5-9-16)24(31)19-13-12-18(14-20(19)27(28,29)30)34-17-10-6-7-11-17/h12-17H,3-11H2,1-2H3. The summed E-state index contributed by atoms with van der Waals surface area (Å²) in [5, 5.41) is 0. The highest BCUT2D eigenvalue weighted by molar-refractivity contribution is 7.21. The van der Waals surface area contributed by atoms with Crippen molar-refractivity contribution in [1.82, 2.24) is 4.57 Å². The smallest absolute Gasteiger partial charge is 0.417 e. The first-order valence-corrected chi connectivity index (χ1v) is 13.2. The van der Waals surface area contributed by atoms with Crippen LogP contribution in [0.2, 0.25) is 0 Å². The molecule has 0 unspecified atom stereocenters. The van der Waals surface area contributed by atoms with E-state index in [4.69, 9.17) is 9.47 Å². The first kappa shape index (κ1) is 24.2. The van der Waals surface area contributed by atoms with E-state index in [1.807, 2.05) is 4.57 Å². The summed E-state index contributed by atoms with van der Waals surface area (Å²) < 4.78 is 56.8. The van der Waals surface area contributed by atoms with Gasteiger partial charge in [0, 0.05) is 12.6 Å². The van der Waals surface area contributed by atoms with Crippen molar-refractivity contribution in [3.05, 3.63) is 40.3 Å². The zero-order valence-corrected chi connectivity index (χ0v) is 20.9. The number of rotatable bonds is 5. The monoisotopic (exact) mass is 505 g/mol. The number of ether oxygens (including phenoxy) is 2. The van der Waals surface area contributed by atoms with Crippen molar-refractivity contribution in [2.24, 2.45) is 7.05 Å². The van der Waals surface area contributed by atoms with Crippen molar-refractivity contribution >= 4 is 27.5 Å². The Hall–Kier alpha value is -2.48. The second kappa shape index (κ2) is 9.52. The third kappa shape index (κ3) is 4.57. The van der Waals surface area contributed by atoms with Gasteiger partial charge in [0.05, 0.1) is 34.7 Å². The number of hydrogen-bond donors (Lipinski definition) is 0. The number of halogens is 3. The van der Waals surface area contributed by atoms with Crippen LogP contribution >= 0.6 is 11.3 Å². The van der Waals surface area contributed by atoms with Crippen molar-refractivity contribution in [2.45, 2.75) is 76.0 Å². The molecule has 3 aromatic rings. The van der Waals surface area contributed by atoms with Crippen molar-refractivity contribution in [1.29, 1.82) is 0 Å². The number of hydrogen-bond acceptors (Lipinski definition) is 4. The van der Waals surface area contributed by atoms with Crippen molar-refractivity contribution in [3.8, 4) is 17.0 Å². The number of carbonyl (C=O) groups is 1. The summed E-state index contributed by atoms with van der Waals surface area (Å²) in [6.07, 6.45) is 4.42. The van der Waals surface area contributed by atoms with Gasteiger partial charge in [-0.2, -0.15) is 13.2 Å². The van der Waals surface area contributed by atoms with E-state index < -0.39 is 17.7 Å². The average Bonchev–Trinajstić information content (AvgIpc) is 3.56. The van der Waals surface area contributed by atoms with E-state index >= 15 is 0 Å². The predicted octanol–water partition coefficient (Wildman–Crippen LogP) is 8.08. The van der Waals surface area contributed by atoms with Crippen LogP contribution in [0.15, 0.2) is 24.3 Å². The molecule has 8 heteroatoms. The molecule has 2 aliphatic carbocycles. The summed E-state index contributed by atoms with van der Waals surface area (Å²) in [6.45, 7) is 0. The van der Waals surface area contributed by atoms with Crippen LogP contribution in [-0.2, 0) is 18.0 Å². The molecule has 2 fully saturated rings. The zero-order valence-electron chi connectivity index (χ0n) is 20.0. The van der Waals surface area contributed by atoms with Crippen LogP contribution in [0.25, 0.3) is 21.5 Å². The Morgan fingerprint density at radius 2 is 1.71 bits per heavy atom. The molecule has 0 saturated heterocycles. The molecule has 5 rings (SSSR count). The minimum atomic E-state index is -4.52. The molecule has 1 aromatic carbocycles. The molecule has 35 heavy (non-hydrogen) atoms. The molecule has 0 bridgehead atoms. The Bertz CT molecular complexity index is 1230. The molecule has 0 N–H and O–H groups in total. The summed E-state index contributed by atoms with van der Waals surface area (Å²) >= 11 is 1.32. The number of methoxy groups -OCH3 is 1. The highest BCUT2D eigenvalue weighted by Gasteiger charge is 2.37. The molecule has 188 valence electrons. The fourth-order valence-corrected chi connectivity index (χ4v) is 7.00. The predicted molar refractivity (Wildman–Crippen MR) is 131 cm³/mol. The van der Waals surface area contributed by atoms with E-state index in [-0.39, 0.29) is 23.3 Å². The Morgan fingerprint density at radius 1 is 1.03 bits per heavy atom. The topological polar surface area (TPSA) is 40.5 Å². The Balaban J connectivity index is 1.68. The lowest BCUT2D eigenvalue weighted by molar-refractivity contribution is -0.137. The lowest BCUT2D eigenvalue weighted by atomic mass is 9.82. The molecule has 0 atom stereocenters. The summed E-state index contributed by atoms with van der Waals surface area (Å²) in [5.41, 5.74) is 1.78. The van der Waals surface area contributed by atoms with Crippen LogP contribution < -0.4 is 4.74 Å². The van der Waals surface area contributed by atoms with Gasteiger partial charge in [-0.25, -0.2) is 4.79 Å². The van der Waals surface area contributed by atoms with E-state index in [1.54, 1.807) is 25.2 Å². The first-order valence-electron chi connectivity index (χ1n) is 12.4. The van der Waals surface area contributed by atoms with E-state index in [2.05, 4.69) is 0 Å². The fraction of sp³-hybridized carbons (Fsp3) is 0.519. The number of alkyl halides is 3. The van der Waals surface area contributed by atoms with Crippen LogP contribution in [0.5, 0.6) is 5.75 Å². The average molecular weight is 506 g/mol. The van der Waals surface area contributed by atoms with Gasteiger partial charge in [-0.1, -0.05) is 19.3 Å². The molecule has 0 amide bonds. The van der Waals surface area contributed by atoms with E-state index in [0.717, 1.165) is 73.6 Å². The van der Waals surface area contributed by atoms with Gasteiger partial charge in [-0.15, -0.1) is 11.3 Å². The maximum absolute atomic E-state index is 14.4. The van der Waals surface area contributed by atoms with E-state index in [0.29, 0.717) is 10.6 Å². The molecule has 0 radical (unpaired) electrons. The Kier molecular flexibility index (Phi) is 6.59. The summed E-state index contributed by atoms with van der Waals surface area (Å²) in [7, 11) is 3.13. The lowest BCUT2D eigenvalue weighted by Gasteiger charge is -2.24. The maximum atomic E-state index is 14.4. The highest BCUT2D eigenvalue weighted by Crippen LogP contribution is 2.49. The molecule has 0 spiro atoms. The van der Waals surface area contributed by atoms with Crippen LogP contribution in [0.3, 0.4) is 0 Å². The Labute approximate surface area is 207 Å². The van der Waals surface area contributed by atoms with Gasteiger partial charge >= 0.3 is 12.1 Å². The van der Waals surface area contributed by atoms with E-state index in [1.165, 1.54) is 24.5 Å². The fourth-order valence-electron chi connectivity index (χ4n) is 5.77. The largest absolute Gasteiger partial charge is 0.490 e. The summed E-state index contributed by atoms with van der Waals surface area (Å²) in [6, 6.07) is 6.15. The van der Waals surface area contributed by atoms with Crippen LogP contribution in [0, 0.1) is 0 Å². The SMILES string of the molecule is COC(=O)c1cc2c(s1)c(C1CCCCC1)c(-c1ccc(OC3CCCC3)cc1C(F)(F)F)n2C. The number of esters is 1. The van der Waals surface area contributed by atoms with Gasteiger partial charge in [0.25, 0.3) is 0 Å². The molecule has 0 aliphatic heterocycles. The van der Waals surface area contributed by atoms with Crippen molar-refractivity contribution < 1.29 is 27.4 Å². The maximum Gasteiger partial charge on any atom is 0.417 e. The van der Waals surface area contributed by atoms with Crippen LogP contribution in [0.4, 0.5) is 13.2 Å². The van der Waals surface area contributed by atoms with E-state index in [9.17, 15) is 18.0 Å². The highest BCUT2D eigenvalue weighted by atomic mass is 32.1. The summed E-state index contributed by atoms with van der Waals surface area (Å²) in [5.74, 6) is 0.00465. The third-order valence-electron chi connectivity index (χ3n) is 7.47. The molecule has 4 nitrogen and oxygen atoms in total. The third-order valence-corrected chi connectivity index (χ3v) is 8.60. The number of thiophene rings is 1. The molecule has 2 saturated carbocycles. The number of fused-ring (bicyclic) bond motifs is 1. The number of nitrogens with zero attached hydrogens (tertiary/aromatic N) is 1. The van der Waals surface area contributed by atoms with Gasteiger partial charge in [0.1, 0.15) is 10.6 Å². The van der Waals surface area contributed by atoms with Gasteiger partial charge in [0.15, 0.2) is 0 Å². The second-order valence-electron chi connectivity index (χ2n) is 9.70. The van der Waals surface area contributed by atoms with Gasteiger partial charge in [0.2, 0.25) is 0 Å². The number of aromatic nitrogens is 1. The first-order chi connectivity index (χ1) is 16.8. The van der Waals surface area contributed by atoms with Crippen molar-refractivity contribution in [2.75, 3.05) is 7.11 Å². The summed E-state index contributed by atoms with van der Waals surface area (Å²) in [4.78, 5) is 12.7.